The number of nitrogens with zero attached hydrogens (tertiary/aromatic N) is 1. The summed E-state index contributed by atoms with van der Waals surface area (Å²) in [6, 6.07) is 11.8. The van der Waals surface area contributed by atoms with Crippen molar-refractivity contribution in [1.29, 1.82) is 0 Å². The highest BCUT2D eigenvalue weighted by molar-refractivity contribution is 6.21. The molecule has 28 heavy (non-hydrogen) atoms. The number of nitrogens with one attached hydrogen (secondary N) is 1. The molecule has 0 spiro atoms. The highest BCUT2D eigenvalue weighted by Crippen LogP contribution is 2.26. The third kappa shape index (κ3) is 4.16. The van der Waals surface area contributed by atoms with Crippen molar-refractivity contribution in [3.05, 3.63) is 64.7 Å². The lowest BCUT2D eigenvalue weighted by molar-refractivity contribution is 0.0642. The lowest BCUT2D eigenvalue weighted by atomic mass is 10.1. The molecule has 2 aromatic rings. The van der Waals surface area contributed by atoms with Crippen molar-refractivity contribution in [2.45, 2.75) is 13.0 Å². The van der Waals surface area contributed by atoms with E-state index in [9.17, 15) is 14.4 Å². The van der Waals surface area contributed by atoms with E-state index in [4.69, 9.17) is 10.5 Å². The molecule has 1 aliphatic rings. The Labute approximate surface area is 169 Å². The molecule has 7 nitrogen and oxygen atoms in total. The Kier molecular flexibility index (Phi) is 7.14. The minimum atomic E-state index is -0.333. The third-order valence-electron chi connectivity index (χ3n) is 4.39. The lowest BCUT2D eigenvalue weighted by Crippen LogP contribution is -2.29. The summed E-state index contributed by atoms with van der Waals surface area (Å²) in [7, 11) is 1.48. The summed E-state index contributed by atoms with van der Waals surface area (Å²) in [6.07, 6.45) is 0.669. The van der Waals surface area contributed by atoms with Crippen LogP contribution in [0.5, 0.6) is 5.75 Å². The maximum absolute atomic E-state index is 12.5. The van der Waals surface area contributed by atoms with E-state index < -0.39 is 0 Å². The lowest BCUT2D eigenvalue weighted by Gasteiger charge is -2.16. The van der Waals surface area contributed by atoms with Gasteiger partial charge in [0.05, 0.1) is 30.3 Å². The molecule has 0 radical (unpaired) electrons. The monoisotopic (exact) mass is 403 g/mol. The van der Waals surface area contributed by atoms with Gasteiger partial charge < -0.3 is 15.8 Å². The Morgan fingerprint density at radius 1 is 1.11 bits per heavy atom. The van der Waals surface area contributed by atoms with Crippen LogP contribution in [0.15, 0.2) is 42.5 Å². The number of hydrogen-bond acceptors (Lipinski definition) is 5. The number of ether oxygens (including phenoxy) is 1. The summed E-state index contributed by atoms with van der Waals surface area (Å²) >= 11 is 0. The first kappa shape index (κ1) is 21.4. The molecular formula is C20H22ClN3O4. The van der Waals surface area contributed by atoms with Gasteiger partial charge in [0.25, 0.3) is 17.7 Å². The molecule has 3 amide bonds. The zero-order valence-electron chi connectivity index (χ0n) is 15.4. The number of imide groups is 1. The first-order valence-corrected chi connectivity index (χ1v) is 8.67. The summed E-state index contributed by atoms with van der Waals surface area (Å²) in [5.41, 5.74) is 7.25. The van der Waals surface area contributed by atoms with Crippen LogP contribution < -0.4 is 15.8 Å². The van der Waals surface area contributed by atoms with Crippen LogP contribution in [-0.4, -0.2) is 42.8 Å². The van der Waals surface area contributed by atoms with Gasteiger partial charge in [0.15, 0.2) is 0 Å². The minimum absolute atomic E-state index is 0. The first-order valence-electron chi connectivity index (χ1n) is 8.67. The van der Waals surface area contributed by atoms with Crippen LogP contribution in [0.1, 0.15) is 43.1 Å². The number of nitrogens with two attached hydrogens (primary N) is 1. The maximum Gasteiger partial charge on any atom is 0.261 e. The van der Waals surface area contributed by atoms with Gasteiger partial charge in [-0.05, 0) is 42.8 Å². The SMILES string of the molecule is COc1ccc(CN2C(=O)c3ccccc3C2=O)cc1C(=O)NCCCN.Cl. The van der Waals surface area contributed by atoms with Crippen molar-refractivity contribution in [1.82, 2.24) is 10.2 Å². The number of halogens is 1. The summed E-state index contributed by atoms with van der Waals surface area (Å²) in [6.45, 7) is 1.03. The fraction of sp³-hybridized carbons (Fsp3) is 0.250. The van der Waals surface area contributed by atoms with Gasteiger partial charge in [0.2, 0.25) is 0 Å². The van der Waals surface area contributed by atoms with Crippen molar-refractivity contribution in [3.8, 4) is 5.75 Å². The molecular weight excluding hydrogens is 382 g/mol. The highest BCUT2D eigenvalue weighted by atomic mass is 35.5. The second-order valence-electron chi connectivity index (χ2n) is 6.17. The van der Waals surface area contributed by atoms with E-state index in [2.05, 4.69) is 5.32 Å². The molecule has 0 saturated heterocycles. The van der Waals surface area contributed by atoms with Gasteiger partial charge in [-0.25, -0.2) is 0 Å². The quantitative estimate of drug-likeness (QED) is 0.543. The van der Waals surface area contributed by atoms with Gasteiger partial charge in [0.1, 0.15) is 5.75 Å². The highest BCUT2D eigenvalue weighted by Gasteiger charge is 2.35. The molecule has 1 aliphatic heterocycles. The Bertz CT molecular complexity index is 866. The van der Waals surface area contributed by atoms with Crippen molar-refractivity contribution in [3.63, 3.8) is 0 Å². The molecule has 3 N–H and O–H groups in total. The second-order valence-corrected chi connectivity index (χ2v) is 6.17. The smallest absolute Gasteiger partial charge is 0.261 e. The number of carbonyl (C=O) groups is 3. The molecule has 0 fully saturated rings. The van der Waals surface area contributed by atoms with Crippen LogP contribution in [0, 0.1) is 0 Å². The topological polar surface area (TPSA) is 102 Å². The molecule has 0 unspecified atom stereocenters. The summed E-state index contributed by atoms with van der Waals surface area (Å²) in [5.74, 6) is -0.531. The van der Waals surface area contributed by atoms with Gasteiger partial charge in [-0.15, -0.1) is 12.4 Å². The van der Waals surface area contributed by atoms with Crippen LogP contribution in [-0.2, 0) is 6.54 Å². The fourth-order valence-corrected chi connectivity index (χ4v) is 3.00. The number of rotatable bonds is 7. The number of benzene rings is 2. The van der Waals surface area contributed by atoms with Crippen LogP contribution in [0.25, 0.3) is 0 Å². The van der Waals surface area contributed by atoms with Crippen molar-refractivity contribution in [2.75, 3.05) is 20.2 Å². The standard InChI is InChI=1S/C20H21N3O4.ClH/c1-27-17-8-7-13(11-16(17)18(24)22-10-4-9-21)12-23-19(25)14-5-2-3-6-15(14)20(23)26;/h2-3,5-8,11H,4,9-10,12,21H2,1H3,(H,22,24);1H. The van der Waals surface area contributed by atoms with Gasteiger partial charge >= 0.3 is 0 Å². The summed E-state index contributed by atoms with van der Waals surface area (Å²) in [5, 5.41) is 2.78. The average Bonchev–Trinajstić information content (AvgIpc) is 2.93. The van der Waals surface area contributed by atoms with Crippen LogP contribution in [0.2, 0.25) is 0 Å². The number of methoxy groups -OCH3 is 1. The fourth-order valence-electron chi connectivity index (χ4n) is 3.00. The molecule has 0 saturated carbocycles. The first-order chi connectivity index (χ1) is 13.1. The number of fused-ring (bicyclic) bond motifs is 1. The number of amides is 3. The summed E-state index contributed by atoms with van der Waals surface area (Å²) < 4.78 is 5.26. The Morgan fingerprint density at radius 3 is 2.32 bits per heavy atom. The molecule has 0 atom stereocenters. The summed E-state index contributed by atoms with van der Waals surface area (Å²) in [4.78, 5) is 38.6. The zero-order chi connectivity index (χ0) is 19.4. The molecule has 0 aromatic heterocycles. The van der Waals surface area contributed by atoms with E-state index in [0.29, 0.717) is 47.5 Å². The molecule has 1 heterocycles. The van der Waals surface area contributed by atoms with Crippen LogP contribution >= 0.6 is 12.4 Å². The molecule has 0 aliphatic carbocycles. The van der Waals surface area contributed by atoms with Crippen molar-refractivity contribution < 1.29 is 19.1 Å². The van der Waals surface area contributed by atoms with Gasteiger partial charge in [-0.3, -0.25) is 19.3 Å². The number of hydrogen-bond donors (Lipinski definition) is 2. The Balaban J connectivity index is 0.00000280. The van der Waals surface area contributed by atoms with Gasteiger partial charge in [-0.2, -0.15) is 0 Å². The van der Waals surface area contributed by atoms with E-state index in [1.54, 1.807) is 42.5 Å². The molecule has 8 heteroatoms. The van der Waals surface area contributed by atoms with E-state index >= 15 is 0 Å². The molecule has 3 rings (SSSR count). The average molecular weight is 404 g/mol. The van der Waals surface area contributed by atoms with Crippen LogP contribution in [0.3, 0.4) is 0 Å². The van der Waals surface area contributed by atoms with E-state index in [-0.39, 0.29) is 36.7 Å². The van der Waals surface area contributed by atoms with E-state index in [0.717, 1.165) is 0 Å². The Hall–Kier alpha value is -2.90. The molecule has 148 valence electrons. The number of carbonyl (C=O) groups excluding carboxylic acids is 3. The second kappa shape index (κ2) is 9.34. The minimum Gasteiger partial charge on any atom is -0.496 e. The molecule has 0 bridgehead atoms. The predicted molar refractivity (Wildman–Crippen MR) is 107 cm³/mol. The Morgan fingerprint density at radius 2 is 1.75 bits per heavy atom. The van der Waals surface area contributed by atoms with Crippen LogP contribution in [0.4, 0.5) is 0 Å². The predicted octanol–water partition coefficient (Wildman–Crippen LogP) is 1.99. The van der Waals surface area contributed by atoms with E-state index in [1.165, 1.54) is 12.0 Å². The maximum atomic E-state index is 12.5. The zero-order valence-corrected chi connectivity index (χ0v) is 16.3. The van der Waals surface area contributed by atoms with E-state index in [1.807, 2.05) is 0 Å². The largest absolute Gasteiger partial charge is 0.496 e. The van der Waals surface area contributed by atoms with Gasteiger partial charge in [0, 0.05) is 6.54 Å². The van der Waals surface area contributed by atoms with Crippen molar-refractivity contribution >= 4 is 30.1 Å². The van der Waals surface area contributed by atoms with Gasteiger partial charge in [-0.1, -0.05) is 18.2 Å². The third-order valence-corrected chi connectivity index (χ3v) is 4.39. The molecule has 2 aromatic carbocycles. The van der Waals surface area contributed by atoms with Crippen molar-refractivity contribution in [2.24, 2.45) is 5.73 Å². The normalized spacial score (nSPS) is 12.4.